The number of carbonyl (C=O) groups excluding carboxylic acids is 1. The van der Waals surface area contributed by atoms with Crippen LogP contribution in [0.5, 0.6) is 11.5 Å². The number of nitrogens with one attached hydrogen (secondary N) is 2. The Hall–Kier alpha value is -3.95. The van der Waals surface area contributed by atoms with Gasteiger partial charge in [0.2, 0.25) is 16.8 Å². The number of sulfonamides is 1. The largest absolute Gasteiger partial charge is 0.454 e. The Kier molecular flexibility index (Phi) is 5.41. The molecule has 0 aliphatic carbocycles. The molecular weight excluding hydrogens is 442 g/mol. The molecule has 2 heterocycles. The van der Waals surface area contributed by atoms with Crippen LogP contribution in [0.15, 0.2) is 83.9 Å². The lowest BCUT2D eigenvalue weighted by atomic mass is 10.1. The van der Waals surface area contributed by atoms with Gasteiger partial charge in [-0.1, -0.05) is 30.3 Å². The van der Waals surface area contributed by atoms with Gasteiger partial charge in [0.1, 0.15) is 0 Å². The molecule has 0 saturated carbocycles. The number of pyridine rings is 1. The minimum Gasteiger partial charge on any atom is -0.454 e. The summed E-state index contributed by atoms with van der Waals surface area (Å²) in [6, 6.07) is 20.3. The minimum absolute atomic E-state index is 0.00746. The Morgan fingerprint density at radius 2 is 1.76 bits per heavy atom. The van der Waals surface area contributed by atoms with Crippen LogP contribution in [0.25, 0.3) is 10.9 Å². The first kappa shape index (κ1) is 20.9. The van der Waals surface area contributed by atoms with Crippen LogP contribution in [0.2, 0.25) is 0 Å². The predicted octanol–water partition coefficient (Wildman–Crippen LogP) is 3.69. The molecule has 9 heteroatoms. The second-order valence-electron chi connectivity index (χ2n) is 7.37. The van der Waals surface area contributed by atoms with Crippen LogP contribution in [0, 0.1) is 0 Å². The highest BCUT2D eigenvalue weighted by molar-refractivity contribution is 7.89. The van der Waals surface area contributed by atoms with Crippen molar-refractivity contribution in [3.05, 3.63) is 90.1 Å². The van der Waals surface area contributed by atoms with E-state index in [0.29, 0.717) is 22.7 Å². The number of hydrogen-bond donors (Lipinski definition) is 2. The Morgan fingerprint density at radius 3 is 2.67 bits per heavy atom. The molecule has 5 rings (SSSR count). The van der Waals surface area contributed by atoms with Crippen molar-refractivity contribution in [2.45, 2.75) is 11.4 Å². The number of ether oxygens (including phenoxy) is 2. The summed E-state index contributed by atoms with van der Waals surface area (Å²) in [6.45, 7) is 0.214. The highest BCUT2D eigenvalue weighted by Gasteiger charge is 2.18. The lowest BCUT2D eigenvalue weighted by Crippen LogP contribution is -2.23. The van der Waals surface area contributed by atoms with Gasteiger partial charge in [0.15, 0.2) is 11.5 Å². The number of nitrogens with zero attached hydrogens (tertiary/aromatic N) is 1. The number of anilines is 1. The number of carbonyl (C=O) groups is 1. The number of hydrogen-bond acceptors (Lipinski definition) is 6. The third-order valence-corrected chi connectivity index (χ3v) is 6.59. The maximum Gasteiger partial charge on any atom is 0.255 e. The van der Waals surface area contributed by atoms with Crippen molar-refractivity contribution in [1.29, 1.82) is 0 Å². The highest BCUT2D eigenvalue weighted by Crippen LogP contribution is 2.32. The van der Waals surface area contributed by atoms with Crippen LogP contribution >= 0.6 is 0 Å². The van der Waals surface area contributed by atoms with Gasteiger partial charge < -0.3 is 14.8 Å². The molecule has 0 bridgehead atoms. The average molecular weight is 461 g/mol. The van der Waals surface area contributed by atoms with E-state index in [1.54, 1.807) is 36.5 Å². The van der Waals surface area contributed by atoms with Crippen LogP contribution in [0.1, 0.15) is 15.9 Å². The van der Waals surface area contributed by atoms with Crippen LogP contribution in [-0.4, -0.2) is 26.1 Å². The van der Waals surface area contributed by atoms with Gasteiger partial charge in [-0.15, -0.1) is 0 Å². The van der Waals surface area contributed by atoms with Gasteiger partial charge in [-0.2, -0.15) is 0 Å². The van der Waals surface area contributed by atoms with E-state index in [1.165, 1.54) is 18.2 Å². The van der Waals surface area contributed by atoms with Crippen molar-refractivity contribution in [1.82, 2.24) is 9.71 Å². The van der Waals surface area contributed by atoms with Crippen molar-refractivity contribution in [3.63, 3.8) is 0 Å². The molecule has 0 unspecified atom stereocenters. The molecule has 33 heavy (non-hydrogen) atoms. The quantitative estimate of drug-likeness (QED) is 0.454. The van der Waals surface area contributed by atoms with Crippen LogP contribution in [0.3, 0.4) is 0 Å². The number of aromatic nitrogens is 1. The summed E-state index contributed by atoms with van der Waals surface area (Å²) in [5.74, 6) is 0.774. The Morgan fingerprint density at radius 1 is 0.939 bits per heavy atom. The number of rotatable bonds is 6. The Balaban J connectivity index is 1.33. The number of amides is 1. The summed E-state index contributed by atoms with van der Waals surface area (Å²) < 4.78 is 38.8. The molecule has 1 aliphatic rings. The first-order chi connectivity index (χ1) is 16.0. The lowest BCUT2D eigenvalue weighted by Gasteiger charge is -2.10. The predicted molar refractivity (Wildman–Crippen MR) is 123 cm³/mol. The molecule has 0 saturated heterocycles. The molecule has 1 aliphatic heterocycles. The topological polar surface area (TPSA) is 107 Å². The third kappa shape index (κ3) is 4.36. The van der Waals surface area contributed by atoms with E-state index >= 15 is 0 Å². The fourth-order valence-electron chi connectivity index (χ4n) is 3.52. The normalized spacial score (nSPS) is 12.6. The number of benzene rings is 3. The van der Waals surface area contributed by atoms with Crippen molar-refractivity contribution in [2.24, 2.45) is 0 Å². The second-order valence-corrected chi connectivity index (χ2v) is 9.14. The maximum atomic E-state index is 12.8. The zero-order chi connectivity index (χ0) is 22.8. The van der Waals surface area contributed by atoms with E-state index in [0.717, 1.165) is 10.9 Å². The van der Waals surface area contributed by atoms with Gasteiger partial charge in [-0.05, 0) is 48.0 Å². The summed E-state index contributed by atoms with van der Waals surface area (Å²) in [4.78, 5) is 17.2. The molecule has 0 atom stereocenters. The summed E-state index contributed by atoms with van der Waals surface area (Å²) in [7, 11) is -3.85. The van der Waals surface area contributed by atoms with Crippen molar-refractivity contribution >= 4 is 32.5 Å². The minimum atomic E-state index is -3.85. The van der Waals surface area contributed by atoms with Crippen molar-refractivity contribution in [3.8, 4) is 11.5 Å². The Labute approximate surface area is 190 Å². The lowest BCUT2D eigenvalue weighted by molar-refractivity contribution is 0.102. The van der Waals surface area contributed by atoms with Crippen LogP contribution in [-0.2, 0) is 16.6 Å². The third-order valence-electron chi connectivity index (χ3n) is 5.19. The van der Waals surface area contributed by atoms with E-state index in [4.69, 9.17) is 9.47 Å². The fourth-order valence-corrected chi connectivity index (χ4v) is 4.58. The molecule has 8 nitrogen and oxygen atoms in total. The molecule has 0 radical (unpaired) electrons. The Bertz CT molecular complexity index is 1460. The summed E-state index contributed by atoms with van der Waals surface area (Å²) in [5, 5.41) is 3.71. The zero-order valence-corrected chi connectivity index (χ0v) is 18.1. The van der Waals surface area contributed by atoms with E-state index in [1.807, 2.05) is 24.3 Å². The number of fused-ring (bicyclic) bond motifs is 2. The van der Waals surface area contributed by atoms with Crippen molar-refractivity contribution in [2.75, 3.05) is 12.1 Å². The molecule has 166 valence electrons. The van der Waals surface area contributed by atoms with Gasteiger partial charge >= 0.3 is 0 Å². The molecule has 1 amide bonds. The molecule has 4 aromatic rings. The van der Waals surface area contributed by atoms with E-state index < -0.39 is 15.9 Å². The van der Waals surface area contributed by atoms with Gasteiger partial charge in [-0.3, -0.25) is 9.78 Å². The molecular formula is C24H19N3O5S. The molecule has 0 spiro atoms. The summed E-state index contributed by atoms with van der Waals surface area (Å²) in [5.41, 5.74) is 2.14. The first-order valence-corrected chi connectivity index (χ1v) is 11.6. The van der Waals surface area contributed by atoms with Gasteiger partial charge in [-0.25, -0.2) is 13.1 Å². The number of para-hydroxylation sites is 1. The van der Waals surface area contributed by atoms with E-state index in [-0.39, 0.29) is 23.8 Å². The van der Waals surface area contributed by atoms with Gasteiger partial charge in [0.05, 0.1) is 16.1 Å². The summed E-state index contributed by atoms with van der Waals surface area (Å²) >= 11 is 0. The highest BCUT2D eigenvalue weighted by atomic mass is 32.2. The molecule has 1 aromatic heterocycles. The zero-order valence-electron chi connectivity index (χ0n) is 17.3. The maximum absolute atomic E-state index is 12.8. The van der Waals surface area contributed by atoms with Crippen LogP contribution in [0.4, 0.5) is 5.69 Å². The summed E-state index contributed by atoms with van der Waals surface area (Å²) in [6.07, 6.45) is 1.65. The molecule has 2 N–H and O–H groups in total. The smallest absolute Gasteiger partial charge is 0.255 e. The van der Waals surface area contributed by atoms with Gasteiger partial charge in [0, 0.05) is 23.7 Å². The fraction of sp³-hybridized carbons (Fsp3) is 0.0833. The molecule has 0 fully saturated rings. The van der Waals surface area contributed by atoms with Crippen LogP contribution < -0.4 is 19.5 Å². The monoisotopic (exact) mass is 461 g/mol. The molecule has 3 aromatic carbocycles. The first-order valence-electron chi connectivity index (χ1n) is 10.1. The van der Waals surface area contributed by atoms with E-state index in [9.17, 15) is 13.2 Å². The standard InChI is InChI=1S/C24H19N3O5S/c28-24(27-20-8-2-4-17-6-3-11-25-23(17)20)18-5-1-7-19(13-18)33(29,30)26-14-16-9-10-21-22(12-16)32-15-31-21/h1-13,26H,14-15H2,(H,27,28). The SMILES string of the molecule is O=C(Nc1cccc2cccnc12)c1cccc(S(=O)(=O)NCc2ccc3c(c2)OCO3)c1. The van der Waals surface area contributed by atoms with Crippen molar-refractivity contribution < 1.29 is 22.7 Å². The second kappa shape index (κ2) is 8.53. The van der Waals surface area contributed by atoms with Gasteiger partial charge in [0.25, 0.3) is 5.91 Å². The van der Waals surface area contributed by atoms with E-state index in [2.05, 4.69) is 15.0 Å². The average Bonchev–Trinajstić information content (AvgIpc) is 3.31.